The normalized spacial score (nSPS) is 15.8. The zero-order valence-corrected chi connectivity index (χ0v) is 31.9. The molecule has 290 valence electrons. The van der Waals surface area contributed by atoms with E-state index in [4.69, 9.17) is 19.1 Å². The first-order valence-electron chi connectivity index (χ1n) is 19.2. The molecule has 2 N–H and O–H groups in total. The second-order valence-corrected chi connectivity index (χ2v) is 14.3. The summed E-state index contributed by atoms with van der Waals surface area (Å²) in [6.07, 6.45) is 4.17. The fourth-order valence-electron chi connectivity index (χ4n) is 7.88. The highest BCUT2D eigenvalue weighted by Gasteiger charge is 2.30. The number of aromatic nitrogens is 5. The molecule has 14 nitrogen and oxygen atoms in total. The number of ether oxygens (including phenoxy) is 1. The van der Waals surface area contributed by atoms with E-state index in [1.165, 1.54) is 0 Å². The summed E-state index contributed by atoms with van der Waals surface area (Å²) in [4.78, 5) is 66.9. The smallest absolute Gasteiger partial charge is 0.328 e. The molecule has 2 aliphatic rings. The Bertz CT molecular complexity index is 2910. The van der Waals surface area contributed by atoms with Crippen molar-refractivity contribution >= 4 is 56.3 Å². The number of furan rings is 1. The molecule has 1 unspecified atom stereocenters. The van der Waals surface area contributed by atoms with E-state index in [1.54, 1.807) is 40.6 Å². The van der Waals surface area contributed by atoms with Crippen LogP contribution in [0.25, 0.3) is 55.3 Å². The number of amides is 3. The average molecular weight is 775 g/mol. The number of imide groups is 1. The van der Waals surface area contributed by atoms with Crippen molar-refractivity contribution < 1.29 is 23.5 Å². The third-order valence-electron chi connectivity index (χ3n) is 10.8. The molecule has 0 bridgehead atoms. The monoisotopic (exact) mass is 774 g/mol. The van der Waals surface area contributed by atoms with Gasteiger partial charge in [0.1, 0.15) is 16.8 Å². The molecule has 1 atom stereocenters. The minimum atomic E-state index is -0.444. The number of hydrogen-bond acceptors (Lipinski definition) is 10. The number of anilines is 1. The second kappa shape index (κ2) is 15.1. The van der Waals surface area contributed by atoms with Crippen molar-refractivity contribution in [3.05, 3.63) is 107 Å². The molecule has 0 aliphatic carbocycles. The van der Waals surface area contributed by atoms with E-state index in [1.807, 2.05) is 61.7 Å². The molecule has 2 aliphatic heterocycles. The predicted octanol–water partition coefficient (Wildman–Crippen LogP) is 4.92. The number of pyridine rings is 3. The standard InChI is InChI=1S/C44H38N8O6/c1-3-52-37-23-36(48-41(40(37)50(2)44(52)56)51-17-19-57-20-18-51)30-10-4-7-26-21-35(47-25-33(26)30)27-12-14-34(46-24-27)43(55)45-16-6-8-28-22-32-29(9-5-11-38(32)58-28)31-13-15-39(53)49-42(31)54/h4-5,7,9-12,14,21-25,31H,3,13,15-20H2,1-2H3,(H,45,55)(H,49,53,54). The summed E-state index contributed by atoms with van der Waals surface area (Å²) in [6.45, 7) is 5.11. The minimum absolute atomic E-state index is 0.0599. The maximum absolute atomic E-state index is 13.2. The van der Waals surface area contributed by atoms with Gasteiger partial charge in [-0.05, 0) is 60.5 Å². The van der Waals surface area contributed by atoms with Gasteiger partial charge >= 0.3 is 5.69 Å². The summed E-state index contributed by atoms with van der Waals surface area (Å²) in [5.74, 6) is 5.62. The highest BCUT2D eigenvalue weighted by molar-refractivity contribution is 6.03. The summed E-state index contributed by atoms with van der Waals surface area (Å²) in [5.41, 5.74) is 6.26. The van der Waals surface area contributed by atoms with E-state index in [0.29, 0.717) is 56.3 Å². The van der Waals surface area contributed by atoms with Gasteiger partial charge < -0.3 is 19.4 Å². The summed E-state index contributed by atoms with van der Waals surface area (Å²) in [6, 6.07) is 20.7. The van der Waals surface area contributed by atoms with Crippen LogP contribution in [0.1, 0.15) is 47.5 Å². The molecule has 2 saturated heterocycles. The Balaban J connectivity index is 0.914. The molecule has 58 heavy (non-hydrogen) atoms. The van der Waals surface area contributed by atoms with E-state index in [9.17, 15) is 19.2 Å². The van der Waals surface area contributed by atoms with Crippen LogP contribution >= 0.6 is 0 Å². The Morgan fingerprint density at radius 3 is 2.60 bits per heavy atom. The number of nitrogens with one attached hydrogen (secondary N) is 2. The molecule has 2 aromatic carbocycles. The number of carbonyl (C=O) groups excluding carboxylic acids is 3. The van der Waals surface area contributed by atoms with E-state index >= 15 is 0 Å². The van der Waals surface area contributed by atoms with Gasteiger partial charge in [0.25, 0.3) is 5.91 Å². The number of aryl methyl sites for hydroxylation is 2. The van der Waals surface area contributed by atoms with Crippen LogP contribution in [0.15, 0.2) is 88.3 Å². The Hall–Kier alpha value is -7.11. The van der Waals surface area contributed by atoms with Gasteiger partial charge in [0.15, 0.2) is 11.6 Å². The number of imidazole rings is 1. The number of benzene rings is 2. The molecule has 3 amide bonds. The van der Waals surface area contributed by atoms with E-state index in [-0.39, 0.29) is 42.1 Å². The lowest BCUT2D eigenvalue weighted by Gasteiger charge is -2.29. The van der Waals surface area contributed by atoms with Gasteiger partial charge in [-0.25, -0.2) is 9.78 Å². The van der Waals surface area contributed by atoms with E-state index in [0.717, 1.165) is 55.4 Å². The fourth-order valence-corrected chi connectivity index (χ4v) is 7.88. The molecule has 7 heterocycles. The minimum Gasteiger partial charge on any atom is -0.448 e. The lowest BCUT2D eigenvalue weighted by Crippen LogP contribution is -2.39. The molecule has 5 aromatic heterocycles. The number of carbonyl (C=O) groups is 3. The number of hydrogen-bond donors (Lipinski definition) is 2. The lowest BCUT2D eigenvalue weighted by molar-refractivity contribution is -0.134. The summed E-state index contributed by atoms with van der Waals surface area (Å²) in [5, 5.41) is 7.82. The highest BCUT2D eigenvalue weighted by Crippen LogP contribution is 2.35. The largest absolute Gasteiger partial charge is 0.448 e. The van der Waals surface area contributed by atoms with Crippen molar-refractivity contribution in [1.82, 2.24) is 34.7 Å². The van der Waals surface area contributed by atoms with Crippen LogP contribution in [0, 0.1) is 11.8 Å². The van der Waals surface area contributed by atoms with Gasteiger partial charge in [-0.15, -0.1) is 0 Å². The number of nitrogens with zero attached hydrogens (tertiary/aromatic N) is 6. The first-order chi connectivity index (χ1) is 28.3. The summed E-state index contributed by atoms with van der Waals surface area (Å²) >= 11 is 0. The lowest BCUT2D eigenvalue weighted by atomic mass is 9.88. The van der Waals surface area contributed by atoms with E-state index < -0.39 is 5.92 Å². The van der Waals surface area contributed by atoms with Crippen LogP contribution in [0.5, 0.6) is 0 Å². The molecule has 14 heteroatoms. The van der Waals surface area contributed by atoms with Gasteiger partial charge in [-0.1, -0.05) is 36.3 Å². The van der Waals surface area contributed by atoms with Crippen molar-refractivity contribution in [3.63, 3.8) is 0 Å². The van der Waals surface area contributed by atoms with Crippen LogP contribution in [-0.2, 0) is 27.9 Å². The maximum Gasteiger partial charge on any atom is 0.328 e. The quantitative estimate of drug-likeness (QED) is 0.168. The van der Waals surface area contributed by atoms with Crippen molar-refractivity contribution in [2.45, 2.75) is 32.2 Å². The molecule has 7 aromatic rings. The van der Waals surface area contributed by atoms with Gasteiger partial charge in [0, 0.05) is 73.5 Å². The first-order valence-corrected chi connectivity index (χ1v) is 19.2. The highest BCUT2D eigenvalue weighted by atomic mass is 16.5. The van der Waals surface area contributed by atoms with Gasteiger partial charge in [0.2, 0.25) is 11.8 Å². The number of piperidine rings is 1. The first kappa shape index (κ1) is 36.5. The molecule has 0 spiro atoms. The van der Waals surface area contributed by atoms with Crippen molar-refractivity contribution in [2.24, 2.45) is 7.05 Å². The van der Waals surface area contributed by atoms with Gasteiger partial charge in [0.05, 0.1) is 42.6 Å². The molecular weight excluding hydrogens is 737 g/mol. The summed E-state index contributed by atoms with van der Waals surface area (Å²) < 4.78 is 15.0. The SMILES string of the molecule is CCn1c(=O)n(C)c2c(N3CCOCC3)nc(-c3cccc4cc(-c5ccc(C(=O)NCC#Cc6cc7c(C8CCC(=O)NC8=O)cccc7o6)nc5)ncc34)cc21. The number of rotatable bonds is 7. The Labute approximate surface area is 331 Å². The predicted molar refractivity (Wildman–Crippen MR) is 218 cm³/mol. The van der Waals surface area contributed by atoms with Crippen LogP contribution in [0.2, 0.25) is 0 Å². The number of morpholine rings is 1. The zero-order valence-electron chi connectivity index (χ0n) is 31.9. The van der Waals surface area contributed by atoms with Gasteiger partial charge in [-0.2, -0.15) is 0 Å². The van der Waals surface area contributed by atoms with Crippen LogP contribution in [0.4, 0.5) is 5.82 Å². The Morgan fingerprint density at radius 1 is 0.966 bits per heavy atom. The topological polar surface area (TPSA) is 166 Å². The zero-order chi connectivity index (χ0) is 39.9. The molecular formula is C44H38N8O6. The fraction of sp³-hybridized carbons (Fsp3) is 0.250. The van der Waals surface area contributed by atoms with Crippen LogP contribution in [0.3, 0.4) is 0 Å². The van der Waals surface area contributed by atoms with Crippen LogP contribution in [-0.4, -0.2) is 74.7 Å². The van der Waals surface area contributed by atoms with Crippen LogP contribution < -0.4 is 21.2 Å². The Kier molecular flexibility index (Phi) is 9.50. The van der Waals surface area contributed by atoms with Crippen molar-refractivity contribution in [1.29, 1.82) is 0 Å². The second-order valence-electron chi connectivity index (χ2n) is 14.3. The molecule has 9 rings (SSSR count). The van der Waals surface area contributed by atoms with Crippen molar-refractivity contribution in [3.8, 4) is 34.4 Å². The molecule has 0 saturated carbocycles. The van der Waals surface area contributed by atoms with Crippen molar-refractivity contribution in [2.75, 3.05) is 37.7 Å². The number of fused-ring (bicyclic) bond motifs is 3. The van der Waals surface area contributed by atoms with E-state index in [2.05, 4.69) is 32.4 Å². The molecule has 2 fully saturated rings. The maximum atomic E-state index is 13.2. The third kappa shape index (κ3) is 6.65. The average Bonchev–Trinajstić information content (AvgIpc) is 3.78. The molecule has 0 radical (unpaired) electrons. The summed E-state index contributed by atoms with van der Waals surface area (Å²) in [7, 11) is 1.80. The van der Waals surface area contributed by atoms with Gasteiger partial charge in [-0.3, -0.25) is 38.8 Å². The third-order valence-corrected chi connectivity index (χ3v) is 10.8. The Morgan fingerprint density at radius 2 is 1.81 bits per heavy atom.